The number of piperazine rings is 1. The Morgan fingerprint density at radius 2 is 2.00 bits per heavy atom. The number of ether oxygens (including phenoxy) is 1. The number of aromatic amines is 1. The summed E-state index contributed by atoms with van der Waals surface area (Å²) in [6.07, 6.45) is 1.66. The maximum absolute atomic E-state index is 13.0. The van der Waals surface area contributed by atoms with E-state index in [1.54, 1.807) is 18.2 Å². The zero-order valence-electron chi connectivity index (χ0n) is 16.1. The minimum atomic E-state index is -0.194. The molecule has 0 radical (unpaired) electrons. The second kappa shape index (κ2) is 7.02. The van der Waals surface area contributed by atoms with Gasteiger partial charge >= 0.3 is 0 Å². The first-order valence-electron chi connectivity index (χ1n) is 9.81. The van der Waals surface area contributed by atoms with Gasteiger partial charge in [-0.1, -0.05) is 18.2 Å². The lowest BCUT2D eigenvalue weighted by molar-refractivity contribution is 0.101. The molecule has 0 saturated carbocycles. The highest BCUT2D eigenvalue weighted by Crippen LogP contribution is 2.44. The molecule has 1 fully saturated rings. The van der Waals surface area contributed by atoms with Crippen molar-refractivity contribution in [1.29, 1.82) is 0 Å². The van der Waals surface area contributed by atoms with Crippen molar-refractivity contribution in [3.8, 4) is 11.5 Å². The van der Waals surface area contributed by atoms with Gasteiger partial charge in [0.1, 0.15) is 11.5 Å². The number of para-hydroxylation sites is 1. The number of phenols is 1. The number of H-pyrrole nitrogens is 1. The minimum Gasteiger partial charge on any atom is -0.507 e. The van der Waals surface area contributed by atoms with Gasteiger partial charge in [-0.3, -0.25) is 14.8 Å². The lowest BCUT2D eigenvalue weighted by atomic mass is 9.99. The molecule has 5 rings (SSSR count). The monoisotopic (exact) mass is 390 g/mol. The van der Waals surface area contributed by atoms with Crippen LogP contribution in [-0.2, 0) is 0 Å². The van der Waals surface area contributed by atoms with Crippen LogP contribution in [0.2, 0.25) is 0 Å². The van der Waals surface area contributed by atoms with Gasteiger partial charge in [-0.25, -0.2) is 0 Å². The van der Waals surface area contributed by atoms with E-state index in [9.17, 15) is 9.90 Å². The minimum absolute atomic E-state index is 0.0644. The van der Waals surface area contributed by atoms with Crippen molar-refractivity contribution >= 4 is 22.8 Å². The fraction of sp³-hybridized carbons (Fsp3) is 0.273. The largest absolute Gasteiger partial charge is 0.507 e. The Balaban J connectivity index is 1.53. The zero-order chi connectivity index (χ0) is 20.0. The SMILES string of the molecule is CC(c1c(O)ccc2c1OC(=Cc1n[nH]c3ccccc13)C2=O)N1CCNCC1. The van der Waals surface area contributed by atoms with Crippen LogP contribution in [-0.4, -0.2) is 52.2 Å². The van der Waals surface area contributed by atoms with Crippen molar-refractivity contribution in [2.24, 2.45) is 0 Å². The number of nitrogens with one attached hydrogen (secondary N) is 2. The number of ketones is 1. The highest BCUT2D eigenvalue weighted by atomic mass is 16.5. The summed E-state index contributed by atoms with van der Waals surface area (Å²) in [6.45, 7) is 5.59. The molecule has 1 aromatic heterocycles. The number of allylic oxidation sites excluding steroid dienone is 1. The molecule has 29 heavy (non-hydrogen) atoms. The first kappa shape index (κ1) is 17.9. The average molecular weight is 390 g/mol. The number of benzene rings is 2. The third-order valence-corrected chi connectivity index (χ3v) is 5.74. The summed E-state index contributed by atoms with van der Waals surface area (Å²) in [5.74, 6) is 0.624. The van der Waals surface area contributed by atoms with Gasteiger partial charge in [0, 0.05) is 43.7 Å². The van der Waals surface area contributed by atoms with E-state index in [1.807, 2.05) is 31.2 Å². The van der Waals surface area contributed by atoms with Gasteiger partial charge in [-0.15, -0.1) is 0 Å². The Morgan fingerprint density at radius 3 is 2.83 bits per heavy atom. The van der Waals surface area contributed by atoms with Crippen molar-refractivity contribution in [3.05, 3.63) is 59.0 Å². The summed E-state index contributed by atoms with van der Waals surface area (Å²) in [7, 11) is 0. The van der Waals surface area contributed by atoms with Crippen LogP contribution in [0.4, 0.5) is 0 Å². The van der Waals surface area contributed by atoms with Gasteiger partial charge in [0.15, 0.2) is 5.76 Å². The van der Waals surface area contributed by atoms with Gasteiger partial charge in [0.25, 0.3) is 0 Å². The number of fused-ring (bicyclic) bond motifs is 2. The molecule has 3 aromatic rings. The third kappa shape index (κ3) is 2.99. The number of nitrogens with zero attached hydrogens (tertiary/aromatic N) is 2. The Bertz CT molecular complexity index is 1130. The molecule has 7 heteroatoms. The predicted octanol–water partition coefficient (Wildman–Crippen LogP) is 2.85. The van der Waals surface area contributed by atoms with Crippen molar-refractivity contribution in [2.75, 3.05) is 26.2 Å². The van der Waals surface area contributed by atoms with E-state index in [-0.39, 0.29) is 23.3 Å². The molecule has 1 saturated heterocycles. The summed E-state index contributed by atoms with van der Waals surface area (Å²) < 4.78 is 6.02. The summed E-state index contributed by atoms with van der Waals surface area (Å²) in [5.41, 5.74) is 2.68. The van der Waals surface area contributed by atoms with E-state index < -0.39 is 0 Å². The Kier molecular flexibility index (Phi) is 4.34. The van der Waals surface area contributed by atoms with Crippen LogP contribution in [0.1, 0.15) is 34.6 Å². The van der Waals surface area contributed by atoms with Crippen LogP contribution < -0.4 is 10.1 Å². The normalized spacial score (nSPS) is 19.5. The molecule has 2 aliphatic rings. The highest BCUT2D eigenvalue weighted by Gasteiger charge is 2.34. The number of hydrogen-bond acceptors (Lipinski definition) is 6. The molecule has 0 aliphatic carbocycles. The van der Waals surface area contributed by atoms with Gasteiger partial charge in [-0.05, 0) is 25.1 Å². The van der Waals surface area contributed by atoms with Gasteiger partial charge in [0.2, 0.25) is 5.78 Å². The Hall–Kier alpha value is -3.16. The van der Waals surface area contributed by atoms with Crippen LogP contribution in [0.5, 0.6) is 11.5 Å². The maximum atomic E-state index is 13.0. The van der Waals surface area contributed by atoms with Crippen LogP contribution in [0.15, 0.2) is 42.2 Å². The number of phenolic OH excluding ortho intramolecular Hbond substituents is 1. The fourth-order valence-corrected chi connectivity index (χ4v) is 4.14. The first-order chi connectivity index (χ1) is 14.1. The standard InChI is InChI=1S/C22H22N4O3/c1-13(26-10-8-23-9-11-26)20-18(27)7-6-15-21(28)19(29-22(15)20)12-17-14-4-2-3-5-16(14)24-25-17/h2-7,12-13,23,27H,8-11H2,1H3,(H,24,25). The van der Waals surface area contributed by atoms with Crippen LogP contribution >= 0.6 is 0 Å². The van der Waals surface area contributed by atoms with E-state index in [0.29, 0.717) is 22.6 Å². The number of carbonyl (C=O) groups is 1. The number of carbonyl (C=O) groups excluding carboxylic acids is 1. The highest BCUT2D eigenvalue weighted by molar-refractivity contribution is 6.15. The Morgan fingerprint density at radius 1 is 1.21 bits per heavy atom. The molecule has 0 amide bonds. The van der Waals surface area contributed by atoms with Crippen molar-refractivity contribution in [2.45, 2.75) is 13.0 Å². The molecule has 3 N–H and O–H groups in total. The lowest BCUT2D eigenvalue weighted by Gasteiger charge is -2.33. The van der Waals surface area contributed by atoms with Gasteiger partial charge < -0.3 is 15.2 Å². The summed E-state index contributed by atoms with van der Waals surface area (Å²) in [6, 6.07) is 10.9. The molecular formula is C22H22N4O3. The molecule has 2 aromatic carbocycles. The molecule has 1 unspecified atom stereocenters. The topological polar surface area (TPSA) is 90.5 Å². The van der Waals surface area contributed by atoms with E-state index >= 15 is 0 Å². The van der Waals surface area contributed by atoms with Crippen LogP contribution in [0, 0.1) is 0 Å². The predicted molar refractivity (Wildman–Crippen MR) is 110 cm³/mol. The number of aromatic nitrogens is 2. The van der Waals surface area contributed by atoms with E-state index in [1.165, 1.54) is 0 Å². The second-order valence-electron chi connectivity index (χ2n) is 7.43. The number of Topliss-reactive ketones (excluding diaryl/α,β-unsaturated/α-hetero) is 1. The van der Waals surface area contributed by atoms with E-state index in [2.05, 4.69) is 20.4 Å². The molecule has 0 bridgehead atoms. The quantitative estimate of drug-likeness (QED) is 0.596. The maximum Gasteiger partial charge on any atom is 0.232 e. The summed E-state index contributed by atoms with van der Waals surface area (Å²) in [4.78, 5) is 15.3. The number of rotatable bonds is 3. The van der Waals surface area contributed by atoms with Crippen molar-refractivity contribution in [3.63, 3.8) is 0 Å². The first-order valence-corrected chi connectivity index (χ1v) is 9.81. The van der Waals surface area contributed by atoms with Crippen molar-refractivity contribution in [1.82, 2.24) is 20.4 Å². The van der Waals surface area contributed by atoms with Gasteiger partial charge in [0.05, 0.1) is 22.3 Å². The third-order valence-electron chi connectivity index (χ3n) is 5.74. The number of hydrogen-bond donors (Lipinski definition) is 3. The second-order valence-corrected chi connectivity index (χ2v) is 7.43. The van der Waals surface area contributed by atoms with E-state index in [0.717, 1.165) is 37.1 Å². The number of aromatic hydroxyl groups is 1. The van der Waals surface area contributed by atoms with E-state index in [4.69, 9.17) is 4.74 Å². The molecule has 148 valence electrons. The zero-order valence-corrected chi connectivity index (χ0v) is 16.1. The van der Waals surface area contributed by atoms with Crippen LogP contribution in [0.3, 0.4) is 0 Å². The fourth-order valence-electron chi connectivity index (χ4n) is 4.14. The molecule has 3 heterocycles. The molecule has 0 spiro atoms. The molecule has 7 nitrogen and oxygen atoms in total. The van der Waals surface area contributed by atoms with Crippen molar-refractivity contribution < 1.29 is 14.6 Å². The average Bonchev–Trinajstić information content (AvgIpc) is 3.30. The van der Waals surface area contributed by atoms with Gasteiger partial charge in [-0.2, -0.15) is 5.10 Å². The smallest absolute Gasteiger partial charge is 0.232 e. The molecule has 2 aliphatic heterocycles. The van der Waals surface area contributed by atoms with Crippen LogP contribution in [0.25, 0.3) is 17.0 Å². The lowest BCUT2D eigenvalue weighted by Crippen LogP contribution is -2.44. The Labute approximate surface area is 168 Å². The molecular weight excluding hydrogens is 368 g/mol. The molecule has 1 atom stereocenters. The summed E-state index contributed by atoms with van der Waals surface area (Å²) >= 11 is 0. The summed E-state index contributed by atoms with van der Waals surface area (Å²) in [5, 5.41) is 22.1.